The van der Waals surface area contributed by atoms with Crippen molar-refractivity contribution in [3.05, 3.63) is 53.9 Å². The van der Waals surface area contributed by atoms with E-state index in [1.165, 1.54) is 5.52 Å². The second-order valence-corrected chi connectivity index (χ2v) is 7.14. The molecule has 1 aromatic heterocycles. The molecule has 2 heterocycles. The van der Waals surface area contributed by atoms with Crippen LogP contribution in [0, 0.1) is 5.41 Å². The molecular formula is C21H26N6O. The highest BCUT2D eigenvalue weighted by Crippen LogP contribution is 2.27. The molecule has 3 N–H and O–H groups in total. The van der Waals surface area contributed by atoms with Gasteiger partial charge < -0.3 is 19.9 Å². The summed E-state index contributed by atoms with van der Waals surface area (Å²) in [4.78, 5) is 9.49. The summed E-state index contributed by atoms with van der Waals surface area (Å²) in [6, 6.07) is 13.9. The first-order valence-electron chi connectivity index (χ1n) is 9.47. The van der Waals surface area contributed by atoms with Gasteiger partial charge in [-0.25, -0.2) is 4.98 Å². The maximum absolute atomic E-state index is 7.88. The fraction of sp³-hybridized carbons (Fsp3) is 0.333. The third-order valence-electron chi connectivity index (χ3n) is 5.45. The van der Waals surface area contributed by atoms with Crippen molar-refractivity contribution in [2.75, 3.05) is 38.2 Å². The molecule has 1 aliphatic heterocycles. The third-order valence-corrected chi connectivity index (χ3v) is 5.45. The number of aryl methyl sites for hydroxylation is 1. The Kier molecular flexibility index (Phi) is 4.92. The quantitative estimate of drug-likeness (QED) is 0.525. The van der Waals surface area contributed by atoms with Crippen molar-refractivity contribution in [3.8, 4) is 5.75 Å². The number of hydrogen-bond donors (Lipinski definition) is 2. The second-order valence-electron chi connectivity index (χ2n) is 7.14. The molecule has 0 atom stereocenters. The standard InChI is InChI=1S/C21H26N6O/c1-25-18-6-4-3-5-17(18)24-20(25)14-26-9-11-27(12-10-26)19-13-15(28-2)7-8-16(19)21(22)23/h3-8,13H,9-12,14H2,1-2H3,(H3,22,23). The van der Waals surface area contributed by atoms with Crippen LogP contribution in [-0.2, 0) is 13.6 Å². The van der Waals surface area contributed by atoms with Gasteiger partial charge in [0.2, 0.25) is 0 Å². The van der Waals surface area contributed by atoms with Crippen molar-refractivity contribution in [1.29, 1.82) is 5.41 Å². The predicted molar refractivity (Wildman–Crippen MR) is 112 cm³/mol. The Labute approximate surface area is 164 Å². The Morgan fingerprint density at radius 1 is 1.14 bits per heavy atom. The zero-order valence-corrected chi connectivity index (χ0v) is 16.4. The maximum atomic E-state index is 7.88. The minimum absolute atomic E-state index is 0.0831. The van der Waals surface area contributed by atoms with E-state index in [2.05, 4.69) is 33.5 Å². The number of fused-ring (bicyclic) bond motifs is 1. The van der Waals surface area contributed by atoms with Gasteiger partial charge in [-0.3, -0.25) is 10.3 Å². The molecule has 0 bridgehead atoms. The predicted octanol–water partition coefficient (Wildman–Crippen LogP) is 2.19. The average molecular weight is 378 g/mol. The third kappa shape index (κ3) is 3.41. The van der Waals surface area contributed by atoms with Crippen LogP contribution in [0.1, 0.15) is 11.4 Å². The van der Waals surface area contributed by atoms with E-state index in [-0.39, 0.29) is 5.84 Å². The van der Waals surface area contributed by atoms with Crippen LogP contribution in [0.5, 0.6) is 5.75 Å². The summed E-state index contributed by atoms with van der Waals surface area (Å²) in [5.74, 6) is 1.95. The lowest BCUT2D eigenvalue weighted by atomic mass is 10.1. The molecule has 1 saturated heterocycles. The van der Waals surface area contributed by atoms with Gasteiger partial charge in [0.1, 0.15) is 17.4 Å². The number of hydrogen-bond acceptors (Lipinski definition) is 5. The van der Waals surface area contributed by atoms with Crippen LogP contribution in [0.15, 0.2) is 42.5 Å². The number of anilines is 1. The van der Waals surface area contributed by atoms with Gasteiger partial charge in [-0.2, -0.15) is 0 Å². The van der Waals surface area contributed by atoms with Gasteiger partial charge >= 0.3 is 0 Å². The van der Waals surface area contributed by atoms with Gasteiger partial charge in [0.05, 0.1) is 30.4 Å². The Balaban J connectivity index is 1.47. The van der Waals surface area contributed by atoms with Crippen molar-refractivity contribution >= 4 is 22.6 Å². The molecule has 28 heavy (non-hydrogen) atoms. The lowest BCUT2D eigenvalue weighted by molar-refractivity contribution is 0.242. The summed E-state index contributed by atoms with van der Waals surface area (Å²) in [6.07, 6.45) is 0. The molecule has 0 aliphatic carbocycles. The minimum atomic E-state index is 0.0831. The van der Waals surface area contributed by atoms with Crippen molar-refractivity contribution in [1.82, 2.24) is 14.5 Å². The van der Waals surface area contributed by atoms with E-state index in [0.717, 1.165) is 61.1 Å². The number of rotatable bonds is 5. The molecule has 0 saturated carbocycles. The van der Waals surface area contributed by atoms with E-state index < -0.39 is 0 Å². The van der Waals surface area contributed by atoms with Crippen molar-refractivity contribution in [2.45, 2.75) is 6.54 Å². The first-order valence-corrected chi connectivity index (χ1v) is 9.47. The number of nitrogens with one attached hydrogen (secondary N) is 1. The van der Waals surface area contributed by atoms with Crippen molar-refractivity contribution in [3.63, 3.8) is 0 Å². The minimum Gasteiger partial charge on any atom is -0.497 e. The number of benzene rings is 2. The smallest absolute Gasteiger partial charge is 0.124 e. The first-order chi connectivity index (χ1) is 13.6. The second kappa shape index (κ2) is 7.52. The molecule has 0 spiro atoms. The SMILES string of the molecule is COc1ccc(C(=N)N)c(N2CCN(Cc3nc4ccccc4n3C)CC2)c1. The number of nitrogens with two attached hydrogens (primary N) is 1. The van der Waals surface area contributed by atoms with Crippen molar-refractivity contribution < 1.29 is 4.74 Å². The number of piperazine rings is 1. The Morgan fingerprint density at radius 3 is 2.57 bits per heavy atom. The molecule has 3 aromatic rings. The zero-order valence-electron chi connectivity index (χ0n) is 16.4. The number of aromatic nitrogens is 2. The van der Waals surface area contributed by atoms with Gasteiger partial charge in [0.25, 0.3) is 0 Å². The van der Waals surface area contributed by atoms with E-state index in [1.807, 2.05) is 30.3 Å². The normalized spacial score (nSPS) is 15.1. The molecule has 7 heteroatoms. The first kappa shape index (κ1) is 18.3. The van der Waals surface area contributed by atoms with Crippen LogP contribution in [0.25, 0.3) is 11.0 Å². The lowest BCUT2D eigenvalue weighted by Crippen LogP contribution is -2.46. The summed E-state index contributed by atoms with van der Waals surface area (Å²) >= 11 is 0. The van der Waals surface area contributed by atoms with Crippen molar-refractivity contribution in [2.24, 2.45) is 12.8 Å². The summed E-state index contributed by atoms with van der Waals surface area (Å²) in [5.41, 5.74) is 9.72. The molecule has 0 unspecified atom stereocenters. The monoisotopic (exact) mass is 378 g/mol. The van der Waals surface area contributed by atoms with E-state index in [1.54, 1.807) is 7.11 Å². The average Bonchev–Trinajstić information content (AvgIpc) is 3.03. The Hall–Kier alpha value is -3.06. The molecular weight excluding hydrogens is 352 g/mol. The lowest BCUT2D eigenvalue weighted by Gasteiger charge is -2.36. The molecule has 4 rings (SSSR count). The molecule has 1 fully saturated rings. The van der Waals surface area contributed by atoms with E-state index in [0.29, 0.717) is 0 Å². The van der Waals surface area contributed by atoms with Crippen LogP contribution in [0.2, 0.25) is 0 Å². The zero-order chi connectivity index (χ0) is 19.7. The molecule has 7 nitrogen and oxygen atoms in total. The molecule has 146 valence electrons. The molecule has 0 radical (unpaired) electrons. The van der Waals surface area contributed by atoms with Gasteiger partial charge in [0, 0.05) is 44.9 Å². The molecule has 2 aromatic carbocycles. The number of methoxy groups -OCH3 is 1. The Morgan fingerprint density at radius 2 is 1.89 bits per heavy atom. The van der Waals surface area contributed by atoms with Crippen LogP contribution >= 0.6 is 0 Å². The Bertz CT molecular complexity index is 1000. The number of nitrogen functional groups attached to an aromatic ring is 1. The maximum Gasteiger partial charge on any atom is 0.124 e. The summed E-state index contributed by atoms with van der Waals surface area (Å²) < 4.78 is 7.54. The highest BCUT2D eigenvalue weighted by molar-refractivity contribution is 6.00. The largest absolute Gasteiger partial charge is 0.497 e. The van der Waals surface area contributed by atoms with Crippen LogP contribution in [-0.4, -0.2) is 53.6 Å². The highest BCUT2D eigenvalue weighted by atomic mass is 16.5. The van der Waals surface area contributed by atoms with Crippen LogP contribution < -0.4 is 15.4 Å². The van der Waals surface area contributed by atoms with E-state index >= 15 is 0 Å². The molecule has 0 amide bonds. The summed E-state index contributed by atoms with van der Waals surface area (Å²) in [5, 5.41) is 7.88. The number of nitrogens with zero attached hydrogens (tertiary/aromatic N) is 4. The fourth-order valence-electron chi connectivity index (χ4n) is 3.81. The van der Waals surface area contributed by atoms with Crippen LogP contribution in [0.3, 0.4) is 0 Å². The van der Waals surface area contributed by atoms with Gasteiger partial charge in [-0.1, -0.05) is 12.1 Å². The van der Waals surface area contributed by atoms with Gasteiger partial charge in [-0.15, -0.1) is 0 Å². The van der Waals surface area contributed by atoms with Crippen LogP contribution in [0.4, 0.5) is 5.69 Å². The highest BCUT2D eigenvalue weighted by Gasteiger charge is 2.22. The molecule has 1 aliphatic rings. The van der Waals surface area contributed by atoms with Gasteiger partial charge in [-0.05, 0) is 24.3 Å². The van der Waals surface area contributed by atoms with Gasteiger partial charge in [0.15, 0.2) is 0 Å². The van der Waals surface area contributed by atoms with E-state index in [9.17, 15) is 0 Å². The number of amidine groups is 1. The fourth-order valence-corrected chi connectivity index (χ4v) is 3.81. The summed E-state index contributed by atoms with van der Waals surface area (Å²) in [7, 11) is 3.73. The van der Waals surface area contributed by atoms with E-state index in [4.69, 9.17) is 20.9 Å². The topological polar surface area (TPSA) is 83.4 Å². The summed E-state index contributed by atoms with van der Waals surface area (Å²) in [6.45, 7) is 4.43. The number of para-hydroxylation sites is 2. The number of imidazole rings is 1. The number of ether oxygens (including phenoxy) is 1.